The van der Waals surface area contributed by atoms with E-state index in [-0.39, 0.29) is 22.1 Å². The van der Waals surface area contributed by atoms with Gasteiger partial charge < -0.3 is 15.8 Å². The van der Waals surface area contributed by atoms with Crippen LogP contribution >= 0.6 is 0 Å². The van der Waals surface area contributed by atoms with Crippen molar-refractivity contribution < 1.29 is 17.9 Å². The molecule has 0 saturated carbocycles. The van der Waals surface area contributed by atoms with Crippen LogP contribution in [0.25, 0.3) is 0 Å². The summed E-state index contributed by atoms with van der Waals surface area (Å²) in [5.41, 5.74) is 6.18. The van der Waals surface area contributed by atoms with Gasteiger partial charge in [-0.15, -0.1) is 0 Å². The number of hydrogen-bond donors (Lipinski definition) is 2. The topological polar surface area (TPSA) is 98.5 Å². The van der Waals surface area contributed by atoms with E-state index in [4.69, 9.17) is 10.5 Å². The minimum absolute atomic E-state index is 0.0526. The second-order valence-electron chi connectivity index (χ2n) is 5.34. The molecule has 1 saturated heterocycles. The molecule has 1 atom stereocenters. The van der Waals surface area contributed by atoms with Crippen molar-refractivity contribution in [2.45, 2.75) is 17.7 Å². The first-order chi connectivity index (χ1) is 9.86. The van der Waals surface area contributed by atoms with Crippen molar-refractivity contribution in [1.82, 2.24) is 5.32 Å². The molecule has 116 valence electrons. The highest BCUT2D eigenvalue weighted by Crippen LogP contribution is 2.18. The lowest BCUT2D eigenvalue weighted by Crippen LogP contribution is -2.26. The summed E-state index contributed by atoms with van der Waals surface area (Å²) in [6, 6.07) is 4.17. The fraction of sp³-hybridized carbons (Fsp3) is 0.500. The predicted octanol–water partition coefficient (Wildman–Crippen LogP) is 0.829. The van der Waals surface area contributed by atoms with E-state index in [1.807, 2.05) is 0 Å². The number of carbonyl (C=O) groups excluding carboxylic acids is 1. The molecule has 1 aliphatic heterocycles. The summed E-state index contributed by atoms with van der Waals surface area (Å²) in [5, 5.41) is 2.79. The van der Waals surface area contributed by atoms with Gasteiger partial charge in [0.05, 0.1) is 4.90 Å². The molecule has 0 spiro atoms. The van der Waals surface area contributed by atoms with E-state index < -0.39 is 9.84 Å². The van der Waals surface area contributed by atoms with Gasteiger partial charge in [0, 0.05) is 37.3 Å². The van der Waals surface area contributed by atoms with Gasteiger partial charge >= 0.3 is 0 Å². The largest absolute Gasteiger partial charge is 0.399 e. The van der Waals surface area contributed by atoms with Crippen LogP contribution in [0.1, 0.15) is 23.2 Å². The Morgan fingerprint density at radius 2 is 2.19 bits per heavy atom. The molecule has 21 heavy (non-hydrogen) atoms. The van der Waals surface area contributed by atoms with Crippen LogP contribution in [0, 0.1) is 5.92 Å². The fourth-order valence-corrected chi connectivity index (χ4v) is 2.96. The maximum Gasteiger partial charge on any atom is 0.251 e. The number of nitrogens with two attached hydrogens (primary N) is 1. The molecule has 0 radical (unpaired) electrons. The average Bonchev–Trinajstić information content (AvgIpc) is 2.90. The van der Waals surface area contributed by atoms with Gasteiger partial charge in [0.25, 0.3) is 5.91 Å². The third kappa shape index (κ3) is 4.44. The third-order valence-corrected chi connectivity index (χ3v) is 4.57. The number of nitrogens with one attached hydrogen (secondary N) is 1. The van der Waals surface area contributed by atoms with Crippen LogP contribution in [0.15, 0.2) is 23.1 Å². The molecular weight excluding hydrogens is 292 g/mol. The van der Waals surface area contributed by atoms with E-state index in [2.05, 4.69) is 5.32 Å². The lowest BCUT2D eigenvalue weighted by molar-refractivity contribution is 0.0950. The number of hydrogen-bond acceptors (Lipinski definition) is 5. The second kappa shape index (κ2) is 6.44. The SMILES string of the molecule is CS(=O)(=O)c1cc(N)cc(C(=O)NCCC2CCOC2)c1. The molecule has 1 amide bonds. The Morgan fingerprint density at radius 1 is 1.43 bits per heavy atom. The molecule has 0 aliphatic carbocycles. The van der Waals surface area contributed by atoms with E-state index in [1.54, 1.807) is 0 Å². The van der Waals surface area contributed by atoms with Crippen molar-refractivity contribution in [2.24, 2.45) is 5.92 Å². The highest BCUT2D eigenvalue weighted by Gasteiger charge is 2.16. The van der Waals surface area contributed by atoms with Crippen LogP contribution < -0.4 is 11.1 Å². The summed E-state index contributed by atoms with van der Waals surface area (Å²) in [6.07, 6.45) is 2.96. The quantitative estimate of drug-likeness (QED) is 0.785. The number of anilines is 1. The van der Waals surface area contributed by atoms with Crippen molar-refractivity contribution in [3.05, 3.63) is 23.8 Å². The van der Waals surface area contributed by atoms with Gasteiger partial charge in [-0.2, -0.15) is 0 Å². The molecule has 7 heteroatoms. The number of amides is 1. The van der Waals surface area contributed by atoms with Gasteiger partial charge in [0.15, 0.2) is 9.84 Å². The lowest BCUT2D eigenvalue weighted by Gasteiger charge is -2.10. The summed E-state index contributed by atoms with van der Waals surface area (Å²) < 4.78 is 28.4. The van der Waals surface area contributed by atoms with Crippen LogP contribution in [0.2, 0.25) is 0 Å². The molecule has 2 rings (SSSR count). The molecule has 3 N–H and O–H groups in total. The van der Waals surface area contributed by atoms with E-state index >= 15 is 0 Å². The normalized spacial score (nSPS) is 18.6. The third-order valence-electron chi connectivity index (χ3n) is 3.48. The first-order valence-electron chi connectivity index (χ1n) is 6.83. The molecule has 1 aromatic rings. The minimum Gasteiger partial charge on any atom is -0.399 e. The zero-order chi connectivity index (χ0) is 15.5. The number of benzene rings is 1. The molecule has 1 fully saturated rings. The van der Waals surface area contributed by atoms with E-state index in [9.17, 15) is 13.2 Å². The van der Waals surface area contributed by atoms with Crippen LogP contribution in [-0.2, 0) is 14.6 Å². The molecule has 0 aromatic heterocycles. The molecule has 1 aromatic carbocycles. The Morgan fingerprint density at radius 3 is 2.81 bits per heavy atom. The summed E-state index contributed by atoms with van der Waals surface area (Å²) >= 11 is 0. The molecule has 1 unspecified atom stereocenters. The van der Waals surface area contributed by atoms with Crippen LogP contribution in [0.4, 0.5) is 5.69 Å². The first-order valence-corrected chi connectivity index (χ1v) is 8.72. The Balaban J connectivity index is 2.00. The summed E-state index contributed by atoms with van der Waals surface area (Å²) in [6.45, 7) is 2.06. The Hall–Kier alpha value is -1.60. The number of carbonyl (C=O) groups is 1. The maximum absolute atomic E-state index is 12.1. The van der Waals surface area contributed by atoms with Crippen molar-refractivity contribution >= 4 is 21.4 Å². The Labute approximate surface area is 124 Å². The smallest absolute Gasteiger partial charge is 0.251 e. The van der Waals surface area contributed by atoms with Gasteiger partial charge in [-0.25, -0.2) is 8.42 Å². The van der Waals surface area contributed by atoms with E-state index in [0.717, 1.165) is 32.3 Å². The Kier molecular flexibility index (Phi) is 4.84. The standard InChI is InChI=1S/C14H20N2O4S/c1-21(18,19)13-7-11(6-12(15)8-13)14(17)16-4-2-10-3-5-20-9-10/h6-8,10H,2-5,9,15H2,1H3,(H,16,17). The number of rotatable bonds is 5. The van der Waals surface area contributed by atoms with Crippen LogP contribution in [0.5, 0.6) is 0 Å². The minimum atomic E-state index is -3.39. The lowest BCUT2D eigenvalue weighted by atomic mass is 10.1. The Bertz CT molecular complexity index is 622. The number of ether oxygens (including phenoxy) is 1. The predicted molar refractivity (Wildman–Crippen MR) is 79.8 cm³/mol. The average molecular weight is 312 g/mol. The first kappa shape index (κ1) is 15.8. The van der Waals surface area contributed by atoms with Crippen molar-refractivity contribution in [3.8, 4) is 0 Å². The van der Waals surface area contributed by atoms with Crippen LogP contribution in [0.3, 0.4) is 0 Å². The monoisotopic (exact) mass is 312 g/mol. The van der Waals surface area contributed by atoms with E-state index in [0.29, 0.717) is 12.5 Å². The van der Waals surface area contributed by atoms with Crippen LogP contribution in [-0.4, -0.2) is 40.3 Å². The zero-order valence-electron chi connectivity index (χ0n) is 12.0. The summed E-state index contributed by atoms with van der Waals surface area (Å²) in [7, 11) is -3.39. The van der Waals surface area contributed by atoms with Gasteiger partial charge in [0.2, 0.25) is 0 Å². The fourth-order valence-electron chi connectivity index (χ4n) is 2.27. The van der Waals surface area contributed by atoms with Gasteiger partial charge in [-0.05, 0) is 37.0 Å². The second-order valence-corrected chi connectivity index (χ2v) is 7.35. The van der Waals surface area contributed by atoms with E-state index in [1.165, 1.54) is 18.2 Å². The number of nitrogen functional groups attached to an aromatic ring is 1. The summed E-state index contributed by atoms with van der Waals surface area (Å²) in [4.78, 5) is 12.1. The van der Waals surface area contributed by atoms with Gasteiger partial charge in [-0.1, -0.05) is 0 Å². The molecule has 1 heterocycles. The summed E-state index contributed by atoms with van der Waals surface area (Å²) in [5.74, 6) is 0.170. The zero-order valence-corrected chi connectivity index (χ0v) is 12.8. The highest BCUT2D eigenvalue weighted by molar-refractivity contribution is 7.90. The van der Waals surface area contributed by atoms with Crippen molar-refractivity contribution in [2.75, 3.05) is 31.7 Å². The van der Waals surface area contributed by atoms with Gasteiger partial charge in [-0.3, -0.25) is 4.79 Å². The maximum atomic E-state index is 12.1. The molecule has 1 aliphatic rings. The van der Waals surface area contributed by atoms with Gasteiger partial charge in [0.1, 0.15) is 0 Å². The highest BCUT2D eigenvalue weighted by atomic mass is 32.2. The molecule has 6 nitrogen and oxygen atoms in total. The number of sulfone groups is 1. The van der Waals surface area contributed by atoms with Crippen molar-refractivity contribution in [1.29, 1.82) is 0 Å². The molecular formula is C14H20N2O4S. The molecule has 0 bridgehead atoms. The van der Waals surface area contributed by atoms with Crippen molar-refractivity contribution in [3.63, 3.8) is 0 Å².